The number of ether oxygens (including phenoxy) is 1. The van der Waals surface area contributed by atoms with Gasteiger partial charge in [-0.2, -0.15) is 0 Å². The molecule has 0 aliphatic carbocycles. The summed E-state index contributed by atoms with van der Waals surface area (Å²) in [5.41, 5.74) is 0.970. The van der Waals surface area contributed by atoms with Crippen LogP contribution in [-0.4, -0.2) is 28.2 Å². The molecule has 0 bridgehead atoms. The van der Waals surface area contributed by atoms with Crippen molar-refractivity contribution in [2.24, 2.45) is 0 Å². The van der Waals surface area contributed by atoms with E-state index >= 15 is 0 Å². The van der Waals surface area contributed by atoms with Crippen molar-refractivity contribution in [3.8, 4) is 0 Å². The van der Waals surface area contributed by atoms with E-state index in [4.69, 9.17) is 16.3 Å². The highest BCUT2D eigenvalue weighted by Gasteiger charge is 2.22. The SMILES string of the molecule is CC(Cl)c1cnnn1C1CCOC1. The molecule has 0 N–H and O–H groups in total. The summed E-state index contributed by atoms with van der Waals surface area (Å²) < 4.78 is 7.16. The second-order valence-electron chi connectivity index (χ2n) is 3.24. The Bertz CT molecular complexity index is 281. The van der Waals surface area contributed by atoms with Crippen LogP contribution in [0.4, 0.5) is 0 Å². The average Bonchev–Trinajstić information content (AvgIpc) is 2.74. The van der Waals surface area contributed by atoms with Gasteiger partial charge in [0.1, 0.15) is 0 Å². The van der Waals surface area contributed by atoms with E-state index in [9.17, 15) is 0 Å². The van der Waals surface area contributed by atoms with Crippen LogP contribution in [0, 0.1) is 0 Å². The fraction of sp³-hybridized carbons (Fsp3) is 0.750. The molecule has 0 spiro atoms. The van der Waals surface area contributed by atoms with Gasteiger partial charge in [-0.15, -0.1) is 16.7 Å². The van der Waals surface area contributed by atoms with Crippen LogP contribution < -0.4 is 0 Å². The lowest BCUT2D eigenvalue weighted by Gasteiger charge is -2.12. The van der Waals surface area contributed by atoms with Gasteiger partial charge in [-0.3, -0.25) is 0 Å². The Morgan fingerprint density at radius 2 is 2.62 bits per heavy atom. The lowest BCUT2D eigenvalue weighted by atomic mass is 10.2. The lowest BCUT2D eigenvalue weighted by Crippen LogP contribution is -2.13. The summed E-state index contributed by atoms with van der Waals surface area (Å²) in [5.74, 6) is 0. The van der Waals surface area contributed by atoms with Crippen molar-refractivity contribution in [1.29, 1.82) is 0 Å². The van der Waals surface area contributed by atoms with Crippen molar-refractivity contribution in [1.82, 2.24) is 15.0 Å². The normalized spacial score (nSPS) is 24.9. The molecule has 1 saturated heterocycles. The van der Waals surface area contributed by atoms with E-state index in [1.807, 2.05) is 11.6 Å². The smallest absolute Gasteiger partial charge is 0.0796 e. The van der Waals surface area contributed by atoms with Crippen molar-refractivity contribution in [2.45, 2.75) is 24.8 Å². The summed E-state index contributed by atoms with van der Waals surface area (Å²) in [4.78, 5) is 0. The van der Waals surface area contributed by atoms with Gasteiger partial charge >= 0.3 is 0 Å². The Balaban J connectivity index is 2.23. The van der Waals surface area contributed by atoms with Crippen molar-refractivity contribution >= 4 is 11.6 Å². The quantitative estimate of drug-likeness (QED) is 0.682. The van der Waals surface area contributed by atoms with Crippen LogP contribution in [0.15, 0.2) is 6.20 Å². The van der Waals surface area contributed by atoms with Gasteiger partial charge in [0.05, 0.1) is 29.9 Å². The zero-order valence-corrected chi connectivity index (χ0v) is 8.24. The minimum absolute atomic E-state index is 0.0457. The van der Waals surface area contributed by atoms with Gasteiger partial charge in [0.2, 0.25) is 0 Å². The van der Waals surface area contributed by atoms with Crippen LogP contribution >= 0.6 is 11.6 Å². The maximum absolute atomic E-state index is 5.99. The summed E-state index contributed by atoms with van der Waals surface area (Å²) in [7, 11) is 0. The first-order chi connectivity index (χ1) is 6.29. The molecule has 2 heterocycles. The van der Waals surface area contributed by atoms with Gasteiger partial charge in [0.15, 0.2) is 0 Å². The summed E-state index contributed by atoms with van der Waals surface area (Å²) in [5, 5.41) is 7.84. The molecule has 13 heavy (non-hydrogen) atoms. The first kappa shape index (κ1) is 8.97. The molecule has 0 amide bonds. The molecule has 2 atom stereocenters. The third kappa shape index (κ3) is 1.69. The van der Waals surface area contributed by atoms with Crippen LogP contribution in [0.25, 0.3) is 0 Å². The van der Waals surface area contributed by atoms with Crippen LogP contribution in [0.2, 0.25) is 0 Å². The molecule has 1 aromatic heterocycles. The molecular formula is C8H12ClN3O. The average molecular weight is 202 g/mol. The van der Waals surface area contributed by atoms with Crippen LogP contribution in [-0.2, 0) is 4.74 Å². The summed E-state index contributed by atoms with van der Waals surface area (Å²) in [6, 6.07) is 0.318. The Morgan fingerprint density at radius 1 is 1.77 bits per heavy atom. The number of halogens is 1. The fourth-order valence-electron chi connectivity index (χ4n) is 1.54. The molecule has 1 aromatic rings. The Hall–Kier alpha value is -0.610. The fourth-order valence-corrected chi connectivity index (χ4v) is 1.69. The van der Waals surface area contributed by atoms with Crippen molar-refractivity contribution in [2.75, 3.05) is 13.2 Å². The zero-order valence-electron chi connectivity index (χ0n) is 7.48. The van der Waals surface area contributed by atoms with E-state index in [1.165, 1.54) is 0 Å². The maximum Gasteiger partial charge on any atom is 0.0796 e. The van der Waals surface area contributed by atoms with Crippen LogP contribution in [0.5, 0.6) is 0 Å². The third-order valence-electron chi connectivity index (χ3n) is 2.26. The molecule has 5 heteroatoms. The number of hydrogen-bond donors (Lipinski definition) is 0. The molecule has 1 aliphatic rings. The highest BCUT2D eigenvalue weighted by molar-refractivity contribution is 6.20. The number of aromatic nitrogens is 3. The van der Waals surface area contributed by atoms with E-state index < -0.39 is 0 Å². The van der Waals surface area contributed by atoms with Crippen LogP contribution in [0.1, 0.15) is 30.5 Å². The number of rotatable bonds is 2. The maximum atomic E-state index is 5.99. The lowest BCUT2D eigenvalue weighted by molar-refractivity contribution is 0.183. The molecular weight excluding hydrogens is 190 g/mol. The summed E-state index contributed by atoms with van der Waals surface area (Å²) in [6.07, 6.45) is 2.72. The van der Waals surface area contributed by atoms with Crippen molar-refractivity contribution in [3.63, 3.8) is 0 Å². The molecule has 1 aliphatic heterocycles. The molecule has 4 nitrogen and oxygen atoms in total. The van der Waals surface area contributed by atoms with Crippen LogP contribution in [0.3, 0.4) is 0 Å². The predicted molar refractivity (Wildman–Crippen MR) is 48.8 cm³/mol. The zero-order chi connectivity index (χ0) is 9.26. The van der Waals surface area contributed by atoms with Gasteiger partial charge in [-0.05, 0) is 13.3 Å². The van der Waals surface area contributed by atoms with Gasteiger partial charge < -0.3 is 4.74 Å². The van der Waals surface area contributed by atoms with Gasteiger partial charge in [-0.1, -0.05) is 5.21 Å². The Kier molecular flexibility index (Phi) is 2.51. The Labute approximate surface area is 81.8 Å². The van der Waals surface area contributed by atoms with E-state index in [2.05, 4.69) is 10.3 Å². The largest absolute Gasteiger partial charge is 0.379 e. The molecule has 72 valence electrons. The molecule has 1 fully saturated rings. The van der Waals surface area contributed by atoms with E-state index in [0.717, 1.165) is 25.3 Å². The van der Waals surface area contributed by atoms with Gasteiger partial charge in [0.25, 0.3) is 0 Å². The monoisotopic (exact) mass is 201 g/mol. The first-order valence-electron chi connectivity index (χ1n) is 4.41. The van der Waals surface area contributed by atoms with E-state index in [0.29, 0.717) is 6.04 Å². The molecule has 0 saturated carbocycles. The molecule has 2 rings (SSSR count). The summed E-state index contributed by atoms with van der Waals surface area (Å²) in [6.45, 7) is 3.45. The predicted octanol–water partition coefficient (Wildman–Crippen LogP) is 1.54. The minimum Gasteiger partial charge on any atom is -0.379 e. The van der Waals surface area contributed by atoms with E-state index in [-0.39, 0.29) is 5.38 Å². The Morgan fingerprint density at radius 3 is 3.23 bits per heavy atom. The number of alkyl halides is 1. The van der Waals surface area contributed by atoms with Crippen molar-refractivity contribution < 1.29 is 4.74 Å². The minimum atomic E-state index is -0.0457. The standard InChI is InChI=1S/C8H12ClN3O/c1-6(9)8-4-10-11-12(8)7-2-3-13-5-7/h4,6-7H,2-3,5H2,1H3. The third-order valence-corrected chi connectivity index (χ3v) is 2.49. The molecule has 0 radical (unpaired) electrons. The molecule has 2 unspecified atom stereocenters. The van der Waals surface area contributed by atoms with Gasteiger partial charge in [-0.25, -0.2) is 4.68 Å². The second kappa shape index (κ2) is 3.64. The topological polar surface area (TPSA) is 39.9 Å². The highest BCUT2D eigenvalue weighted by Crippen LogP contribution is 2.24. The summed E-state index contributed by atoms with van der Waals surface area (Å²) >= 11 is 5.99. The second-order valence-corrected chi connectivity index (χ2v) is 3.89. The number of nitrogens with zero attached hydrogens (tertiary/aromatic N) is 3. The first-order valence-corrected chi connectivity index (χ1v) is 4.84. The van der Waals surface area contributed by atoms with Crippen molar-refractivity contribution in [3.05, 3.63) is 11.9 Å². The number of hydrogen-bond acceptors (Lipinski definition) is 3. The molecule has 0 aromatic carbocycles. The van der Waals surface area contributed by atoms with Gasteiger partial charge in [0, 0.05) is 6.61 Å². The highest BCUT2D eigenvalue weighted by atomic mass is 35.5. The van der Waals surface area contributed by atoms with E-state index in [1.54, 1.807) is 6.20 Å².